The van der Waals surface area contributed by atoms with Crippen LogP contribution >= 0.6 is 24.0 Å². The fourth-order valence-corrected chi connectivity index (χ4v) is 2.62. The smallest absolute Gasteiger partial charge is 0.129 e. The molecule has 0 aromatic heterocycles. The van der Waals surface area contributed by atoms with Gasteiger partial charge in [0.15, 0.2) is 0 Å². The number of hydrogen-bond acceptors (Lipinski definition) is 2. The molecule has 1 aliphatic rings. The summed E-state index contributed by atoms with van der Waals surface area (Å²) in [6.45, 7) is 3.24. The van der Waals surface area contributed by atoms with E-state index in [1.54, 1.807) is 12.1 Å². The van der Waals surface area contributed by atoms with Crippen molar-refractivity contribution in [3.8, 4) is 0 Å². The summed E-state index contributed by atoms with van der Waals surface area (Å²) in [4.78, 5) is 2.24. The fourth-order valence-electron chi connectivity index (χ4n) is 2.39. The summed E-state index contributed by atoms with van der Waals surface area (Å²) in [6.07, 6.45) is 2.31. The lowest BCUT2D eigenvalue weighted by atomic mass is 9.98. The van der Waals surface area contributed by atoms with Crippen LogP contribution in [0.25, 0.3) is 0 Å². The zero-order valence-corrected chi connectivity index (χ0v) is 11.8. The molecule has 1 heterocycles. The molecule has 102 valence electrons. The minimum Gasteiger partial charge on any atom is -0.330 e. The molecule has 1 unspecified atom stereocenters. The van der Waals surface area contributed by atoms with Crippen molar-refractivity contribution in [2.75, 3.05) is 19.6 Å². The third-order valence-electron chi connectivity index (χ3n) is 3.38. The second kappa shape index (κ2) is 7.29. The Morgan fingerprint density at radius 1 is 1.44 bits per heavy atom. The van der Waals surface area contributed by atoms with E-state index in [2.05, 4.69) is 4.90 Å². The van der Waals surface area contributed by atoms with E-state index in [0.29, 0.717) is 29.6 Å². The molecule has 0 radical (unpaired) electrons. The lowest BCUT2D eigenvalue weighted by molar-refractivity contribution is 0.169. The van der Waals surface area contributed by atoms with E-state index in [4.69, 9.17) is 17.3 Å². The molecule has 2 rings (SSSR count). The van der Waals surface area contributed by atoms with Gasteiger partial charge in [-0.1, -0.05) is 17.7 Å². The Hall–Kier alpha value is -0.350. The van der Waals surface area contributed by atoms with Crippen LogP contribution in [0.2, 0.25) is 5.02 Å². The molecule has 1 fully saturated rings. The van der Waals surface area contributed by atoms with E-state index in [9.17, 15) is 4.39 Å². The number of hydrogen-bond donors (Lipinski definition) is 1. The maximum atomic E-state index is 13.6. The largest absolute Gasteiger partial charge is 0.330 e. The van der Waals surface area contributed by atoms with Crippen molar-refractivity contribution < 1.29 is 4.39 Å². The zero-order valence-electron chi connectivity index (χ0n) is 10.2. The van der Waals surface area contributed by atoms with Crippen LogP contribution in [0.3, 0.4) is 0 Å². The average Bonchev–Trinajstić information content (AvgIpc) is 2.34. The molecular weight excluding hydrogens is 274 g/mol. The zero-order chi connectivity index (χ0) is 12.3. The first-order chi connectivity index (χ1) is 8.20. The van der Waals surface area contributed by atoms with Crippen molar-refractivity contribution in [3.05, 3.63) is 34.6 Å². The SMILES string of the molecule is Cl.NCC1CCCN(Cc2c(F)cccc2Cl)C1. The van der Waals surface area contributed by atoms with Gasteiger partial charge in [-0.05, 0) is 44.0 Å². The van der Waals surface area contributed by atoms with Crippen LogP contribution in [-0.4, -0.2) is 24.5 Å². The summed E-state index contributed by atoms with van der Waals surface area (Å²) in [5.74, 6) is 0.321. The molecule has 1 saturated heterocycles. The first-order valence-corrected chi connectivity index (χ1v) is 6.44. The average molecular weight is 293 g/mol. The Labute approximate surface area is 119 Å². The monoisotopic (exact) mass is 292 g/mol. The number of benzene rings is 1. The van der Waals surface area contributed by atoms with Gasteiger partial charge < -0.3 is 5.73 Å². The van der Waals surface area contributed by atoms with Crippen LogP contribution in [0.5, 0.6) is 0 Å². The highest BCUT2D eigenvalue weighted by molar-refractivity contribution is 6.31. The minimum atomic E-state index is -0.215. The Morgan fingerprint density at radius 3 is 2.89 bits per heavy atom. The van der Waals surface area contributed by atoms with Gasteiger partial charge in [-0.2, -0.15) is 0 Å². The van der Waals surface area contributed by atoms with E-state index in [0.717, 1.165) is 19.5 Å². The Morgan fingerprint density at radius 2 is 2.22 bits per heavy atom. The minimum absolute atomic E-state index is 0. The number of nitrogens with zero attached hydrogens (tertiary/aromatic N) is 1. The normalized spacial score (nSPS) is 20.5. The maximum Gasteiger partial charge on any atom is 0.129 e. The molecule has 2 nitrogen and oxygen atoms in total. The van der Waals surface area contributed by atoms with E-state index >= 15 is 0 Å². The number of nitrogens with two attached hydrogens (primary N) is 1. The molecule has 2 N–H and O–H groups in total. The maximum absolute atomic E-state index is 13.6. The number of piperidine rings is 1. The van der Waals surface area contributed by atoms with Crippen molar-refractivity contribution >= 4 is 24.0 Å². The molecule has 1 atom stereocenters. The van der Waals surface area contributed by atoms with Crippen LogP contribution in [0, 0.1) is 11.7 Å². The van der Waals surface area contributed by atoms with Gasteiger partial charge in [0.25, 0.3) is 0 Å². The number of rotatable bonds is 3. The molecule has 0 saturated carbocycles. The molecule has 0 spiro atoms. The van der Waals surface area contributed by atoms with Gasteiger partial charge >= 0.3 is 0 Å². The van der Waals surface area contributed by atoms with E-state index in [-0.39, 0.29) is 18.2 Å². The van der Waals surface area contributed by atoms with Crippen LogP contribution in [-0.2, 0) is 6.54 Å². The van der Waals surface area contributed by atoms with Crippen molar-refractivity contribution in [1.82, 2.24) is 4.90 Å². The highest BCUT2D eigenvalue weighted by Crippen LogP contribution is 2.23. The molecule has 5 heteroatoms. The summed E-state index contributed by atoms with van der Waals surface area (Å²) in [7, 11) is 0. The van der Waals surface area contributed by atoms with Gasteiger partial charge in [0.2, 0.25) is 0 Å². The van der Waals surface area contributed by atoms with Crippen molar-refractivity contribution in [1.29, 1.82) is 0 Å². The van der Waals surface area contributed by atoms with Gasteiger partial charge in [-0.15, -0.1) is 12.4 Å². The third kappa shape index (κ3) is 3.82. The molecule has 1 aromatic rings. The molecule has 18 heavy (non-hydrogen) atoms. The van der Waals surface area contributed by atoms with Crippen LogP contribution < -0.4 is 5.73 Å². The fraction of sp³-hybridized carbons (Fsp3) is 0.538. The summed E-state index contributed by atoms with van der Waals surface area (Å²) in [5, 5.41) is 0.514. The number of likely N-dealkylation sites (tertiary alicyclic amines) is 1. The summed E-state index contributed by atoms with van der Waals surface area (Å²) in [6, 6.07) is 4.84. The quantitative estimate of drug-likeness (QED) is 0.928. The summed E-state index contributed by atoms with van der Waals surface area (Å²) in [5.41, 5.74) is 6.30. The summed E-state index contributed by atoms with van der Waals surface area (Å²) < 4.78 is 13.6. The number of halogens is 3. The Balaban J connectivity index is 0.00000162. The highest BCUT2D eigenvalue weighted by Gasteiger charge is 2.20. The summed E-state index contributed by atoms with van der Waals surface area (Å²) >= 11 is 6.03. The lowest BCUT2D eigenvalue weighted by Gasteiger charge is -2.32. The third-order valence-corrected chi connectivity index (χ3v) is 3.73. The second-order valence-corrected chi connectivity index (χ2v) is 5.09. The molecule has 1 aliphatic heterocycles. The van der Waals surface area contributed by atoms with Crippen molar-refractivity contribution in [2.45, 2.75) is 19.4 Å². The lowest BCUT2D eigenvalue weighted by Crippen LogP contribution is -2.38. The predicted molar refractivity (Wildman–Crippen MR) is 75.7 cm³/mol. The highest BCUT2D eigenvalue weighted by atomic mass is 35.5. The molecular formula is C13H19Cl2FN2. The Bertz CT molecular complexity index is 367. The first kappa shape index (κ1) is 15.7. The van der Waals surface area contributed by atoms with Crippen molar-refractivity contribution in [2.24, 2.45) is 11.7 Å². The standard InChI is InChI=1S/C13H18ClFN2.ClH/c14-12-4-1-5-13(15)11(12)9-17-6-2-3-10(7-16)8-17;/h1,4-5,10H,2-3,6-9,16H2;1H. The molecule has 0 amide bonds. The van der Waals surface area contributed by atoms with E-state index in [1.165, 1.54) is 12.5 Å². The van der Waals surface area contributed by atoms with Gasteiger partial charge in [0, 0.05) is 23.7 Å². The van der Waals surface area contributed by atoms with Gasteiger partial charge in [-0.3, -0.25) is 4.90 Å². The van der Waals surface area contributed by atoms with E-state index in [1.807, 2.05) is 0 Å². The molecule has 1 aromatic carbocycles. The molecule has 0 aliphatic carbocycles. The second-order valence-electron chi connectivity index (χ2n) is 4.68. The van der Waals surface area contributed by atoms with Gasteiger partial charge in [0.05, 0.1) is 0 Å². The van der Waals surface area contributed by atoms with Crippen LogP contribution in [0.4, 0.5) is 4.39 Å². The van der Waals surface area contributed by atoms with Crippen LogP contribution in [0.15, 0.2) is 18.2 Å². The predicted octanol–water partition coefficient (Wildman–Crippen LogP) is 3.07. The van der Waals surface area contributed by atoms with Crippen LogP contribution in [0.1, 0.15) is 18.4 Å². The van der Waals surface area contributed by atoms with Crippen molar-refractivity contribution in [3.63, 3.8) is 0 Å². The topological polar surface area (TPSA) is 29.3 Å². The van der Waals surface area contributed by atoms with Gasteiger partial charge in [-0.25, -0.2) is 4.39 Å². The Kier molecular flexibility index (Phi) is 6.36. The first-order valence-electron chi connectivity index (χ1n) is 6.06. The van der Waals surface area contributed by atoms with E-state index < -0.39 is 0 Å². The van der Waals surface area contributed by atoms with Gasteiger partial charge in [0.1, 0.15) is 5.82 Å². The molecule has 0 bridgehead atoms.